The van der Waals surface area contributed by atoms with E-state index in [-0.39, 0.29) is 11.8 Å². The molecule has 94 valence electrons. The van der Waals surface area contributed by atoms with Crippen LogP contribution in [0.1, 0.15) is 19.5 Å². The number of nitrogens with zero attached hydrogens (tertiary/aromatic N) is 3. The maximum atomic E-state index is 8.61. The zero-order chi connectivity index (χ0) is 12.7. The molecule has 0 fully saturated rings. The second-order valence-corrected chi connectivity index (χ2v) is 4.07. The lowest BCUT2D eigenvalue weighted by Crippen LogP contribution is -2.34. The minimum absolute atomic E-state index is 0.0312. The van der Waals surface area contributed by atoms with Crippen LogP contribution >= 0.6 is 0 Å². The third-order valence-corrected chi connectivity index (χ3v) is 2.71. The Bertz CT molecular complexity index is 353. The molecule has 0 aliphatic heterocycles. The molecule has 0 amide bonds. The molecule has 0 aliphatic rings. The van der Waals surface area contributed by atoms with E-state index in [4.69, 9.17) is 10.9 Å². The Morgan fingerprint density at radius 1 is 1.59 bits per heavy atom. The first-order valence-corrected chi connectivity index (χ1v) is 5.77. The van der Waals surface area contributed by atoms with Gasteiger partial charge in [-0.15, -0.1) is 0 Å². The Labute approximate surface area is 102 Å². The van der Waals surface area contributed by atoms with Gasteiger partial charge in [0.15, 0.2) is 0 Å². The second-order valence-electron chi connectivity index (χ2n) is 4.07. The molecule has 1 aromatic heterocycles. The van der Waals surface area contributed by atoms with Gasteiger partial charge in [-0.1, -0.05) is 25.1 Å². The molecule has 1 heterocycles. The molecule has 1 unspecified atom stereocenters. The van der Waals surface area contributed by atoms with Crippen molar-refractivity contribution in [2.75, 3.05) is 13.1 Å². The highest BCUT2D eigenvalue weighted by atomic mass is 16.4. The molecule has 5 nitrogen and oxygen atoms in total. The highest BCUT2D eigenvalue weighted by Gasteiger charge is 2.13. The number of hydrogen-bond acceptors (Lipinski definition) is 4. The number of amidine groups is 1. The van der Waals surface area contributed by atoms with Gasteiger partial charge in [0.05, 0.1) is 5.69 Å². The van der Waals surface area contributed by atoms with Crippen LogP contribution in [0.4, 0.5) is 0 Å². The van der Waals surface area contributed by atoms with Crippen LogP contribution in [0, 0.1) is 5.92 Å². The van der Waals surface area contributed by atoms with Crippen LogP contribution in [0.2, 0.25) is 0 Å². The Morgan fingerprint density at radius 2 is 2.35 bits per heavy atom. The van der Waals surface area contributed by atoms with Crippen molar-refractivity contribution in [2.45, 2.75) is 20.4 Å². The van der Waals surface area contributed by atoms with Crippen LogP contribution in [0.5, 0.6) is 0 Å². The average Bonchev–Trinajstić information content (AvgIpc) is 2.38. The molecule has 1 atom stereocenters. The van der Waals surface area contributed by atoms with Crippen LogP contribution < -0.4 is 5.73 Å². The molecule has 3 N–H and O–H groups in total. The van der Waals surface area contributed by atoms with Gasteiger partial charge in [-0.05, 0) is 18.7 Å². The van der Waals surface area contributed by atoms with E-state index in [1.807, 2.05) is 25.1 Å². The van der Waals surface area contributed by atoms with Gasteiger partial charge in [-0.2, -0.15) is 0 Å². The lowest BCUT2D eigenvalue weighted by molar-refractivity contribution is 0.255. The first kappa shape index (κ1) is 13.4. The molecule has 5 heteroatoms. The monoisotopic (exact) mass is 236 g/mol. The van der Waals surface area contributed by atoms with Crippen molar-refractivity contribution in [3.8, 4) is 0 Å². The molecule has 0 saturated carbocycles. The first-order valence-electron chi connectivity index (χ1n) is 5.77. The summed E-state index contributed by atoms with van der Waals surface area (Å²) in [5, 5.41) is 11.6. The average molecular weight is 236 g/mol. The summed E-state index contributed by atoms with van der Waals surface area (Å²) < 4.78 is 0. The van der Waals surface area contributed by atoms with Crippen LogP contribution in [-0.2, 0) is 6.54 Å². The van der Waals surface area contributed by atoms with Crippen molar-refractivity contribution in [3.05, 3.63) is 30.1 Å². The predicted octanol–water partition coefficient (Wildman–Crippen LogP) is 1.29. The summed E-state index contributed by atoms with van der Waals surface area (Å²) in [5.74, 6) is 0.299. The van der Waals surface area contributed by atoms with E-state index in [1.165, 1.54) is 0 Å². The van der Waals surface area contributed by atoms with Crippen LogP contribution in [0.15, 0.2) is 29.6 Å². The van der Waals surface area contributed by atoms with Gasteiger partial charge in [-0.3, -0.25) is 9.88 Å². The molecule has 0 bridgehead atoms. The first-order chi connectivity index (χ1) is 8.17. The molecule has 0 aromatic carbocycles. The minimum Gasteiger partial charge on any atom is -0.409 e. The predicted molar refractivity (Wildman–Crippen MR) is 67.8 cm³/mol. The van der Waals surface area contributed by atoms with E-state index in [1.54, 1.807) is 6.20 Å². The Kier molecular flexibility index (Phi) is 5.42. The van der Waals surface area contributed by atoms with Gasteiger partial charge in [0, 0.05) is 25.2 Å². The summed E-state index contributed by atoms with van der Waals surface area (Å²) in [7, 11) is 0. The summed E-state index contributed by atoms with van der Waals surface area (Å²) >= 11 is 0. The fourth-order valence-corrected chi connectivity index (χ4v) is 1.61. The fourth-order valence-electron chi connectivity index (χ4n) is 1.61. The van der Waals surface area contributed by atoms with Crippen molar-refractivity contribution in [2.24, 2.45) is 16.8 Å². The molecule has 0 aliphatic carbocycles. The summed E-state index contributed by atoms with van der Waals surface area (Å²) in [6.07, 6.45) is 1.79. The van der Waals surface area contributed by atoms with Gasteiger partial charge in [0.2, 0.25) is 0 Å². The molecule has 0 saturated heterocycles. The Hall–Kier alpha value is -1.62. The number of pyridine rings is 1. The van der Waals surface area contributed by atoms with Crippen LogP contribution in [0.25, 0.3) is 0 Å². The number of nitrogens with two attached hydrogens (primary N) is 1. The summed E-state index contributed by atoms with van der Waals surface area (Å²) in [5.41, 5.74) is 6.60. The number of oxime groups is 1. The fraction of sp³-hybridized carbons (Fsp3) is 0.500. The van der Waals surface area contributed by atoms with E-state index in [9.17, 15) is 0 Å². The third-order valence-electron chi connectivity index (χ3n) is 2.71. The van der Waals surface area contributed by atoms with Crippen LogP contribution in [-0.4, -0.2) is 34.0 Å². The smallest absolute Gasteiger partial charge is 0.143 e. The second kappa shape index (κ2) is 6.85. The molecule has 17 heavy (non-hydrogen) atoms. The lowest BCUT2D eigenvalue weighted by Gasteiger charge is -2.23. The molecule has 1 rings (SSSR count). The van der Waals surface area contributed by atoms with Gasteiger partial charge in [0.1, 0.15) is 5.84 Å². The third kappa shape index (κ3) is 4.40. The van der Waals surface area contributed by atoms with E-state index >= 15 is 0 Å². The minimum atomic E-state index is 0.0312. The van der Waals surface area contributed by atoms with Gasteiger partial charge < -0.3 is 10.9 Å². The van der Waals surface area contributed by atoms with E-state index in [0.717, 1.165) is 25.3 Å². The number of hydrogen-bond donors (Lipinski definition) is 2. The summed E-state index contributed by atoms with van der Waals surface area (Å²) in [4.78, 5) is 6.50. The molecular weight excluding hydrogens is 216 g/mol. The standard InChI is InChI=1S/C12H20N4O/c1-3-16(8-10(2)12(13)15-17)9-11-6-4-5-7-14-11/h4-7,10,17H,3,8-9H2,1-2H3,(H2,13,15). The van der Waals surface area contributed by atoms with E-state index in [0.29, 0.717) is 0 Å². The quantitative estimate of drug-likeness (QED) is 0.338. The number of rotatable bonds is 6. The zero-order valence-corrected chi connectivity index (χ0v) is 10.4. The van der Waals surface area contributed by atoms with Crippen molar-refractivity contribution >= 4 is 5.84 Å². The van der Waals surface area contributed by atoms with Crippen molar-refractivity contribution in [1.29, 1.82) is 0 Å². The van der Waals surface area contributed by atoms with Crippen molar-refractivity contribution < 1.29 is 5.21 Å². The highest BCUT2D eigenvalue weighted by molar-refractivity contribution is 5.82. The Balaban J connectivity index is 2.55. The van der Waals surface area contributed by atoms with E-state index in [2.05, 4.69) is 22.0 Å². The Morgan fingerprint density at radius 3 is 2.88 bits per heavy atom. The normalized spacial score (nSPS) is 13.9. The van der Waals surface area contributed by atoms with Gasteiger partial charge >= 0.3 is 0 Å². The van der Waals surface area contributed by atoms with Crippen LogP contribution in [0.3, 0.4) is 0 Å². The number of aromatic nitrogens is 1. The summed E-state index contributed by atoms with van der Waals surface area (Å²) in [6, 6.07) is 5.87. The maximum absolute atomic E-state index is 8.61. The molecule has 0 spiro atoms. The van der Waals surface area contributed by atoms with E-state index < -0.39 is 0 Å². The topological polar surface area (TPSA) is 74.7 Å². The largest absolute Gasteiger partial charge is 0.409 e. The molecular formula is C12H20N4O. The van der Waals surface area contributed by atoms with Crippen molar-refractivity contribution in [1.82, 2.24) is 9.88 Å². The van der Waals surface area contributed by atoms with Gasteiger partial charge in [-0.25, -0.2) is 0 Å². The maximum Gasteiger partial charge on any atom is 0.143 e. The molecule has 0 radical (unpaired) electrons. The SMILES string of the molecule is CCN(Cc1ccccn1)CC(C)/C(N)=N/O. The molecule has 1 aromatic rings. The highest BCUT2D eigenvalue weighted by Crippen LogP contribution is 2.05. The van der Waals surface area contributed by atoms with Crippen molar-refractivity contribution in [3.63, 3.8) is 0 Å². The lowest BCUT2D eigenvalue weighted by atomic mass is 10.1. The summed E-state index contributed by atoms with van der Waals surface area (Å²) in [6.45, 7) is 6.46. The zero-order valence-electron chi connectivity index (χ0n) is 10.4. The van der Waals surface area contributed by atoms with Gasteiger partial charge in [0.25, 0.3) is 0 Å².